The summed E-state index contributed by atoms with van der Waals surface area (Å²) in [5.41, 5.74) is 8.75. The number of hydrogen-bond acceptors (Lipinski definition) is 5. The van der Waals surface area contributed by atoms with E-state index >= 15 is 0 Å². The molecule has 2 rings (SSSR count). The summed E-state index contributed by atoms with van der Waals surface area (Å²) < 4.78 is 5.47. The van der Waals surface area contributed by atoms with Gasteiger partial charge in [-0.05, 0) is 26.0 Å². The van der Waals surface area contributed by atoms with Gasteiger partial charge >= 0.3 is 0 Å². The highest BCUT2D eigenvalue weighted by atomic mass is 32.1. The molecule has 0 aliphatic heterocycles. The van der Waals surface area contributed by atoms with Crippen molar-refractivity contribution in [1.29, 1.82) is 0 Å². The molecular formula is C14H19N3OS. The lowest BCUT2D eigenvalue weighted by atomic mass is 10.2. The van der Waals surface area contributed by atoms with E-state index in [1.165, 1.54) is 0 Å². The zero-order valence-corrected chi connectivity index (χ0v) is 12.1. The van der Waals surface area contributed by atoms with Crippen LogP contribution < -0.4 is 15.8 Å². The summed E-state index contributed by atoms with van der Waals surface area (Å²) in [5, 5.41) is 6.53. The average Bonchev–Trinajstić information content (AvgIpc) is 2.80. The Morgan fingerprint density at radius 3 is 2.95 bits per heavy atom. The Hall–Kier alpha value is -1.75. The molecule has 0 spiro atoms. The van der Waals surface area contributed by atoms with Crippen LogP contribution in [0.3, 0.4) is 0 Å². The number of nitrogens with one attached hydrogen (secondary N) is 1. The SMILES string of the molecule is CCOc1cccc(NCCc2csc(C)n2)c1N. The van der Waals surface area contributed by atoms with E-state index in [0.29, 0.717) is 12.3 Å². The lowest BCUT2D eigenvalue weighted by molar-refractivity contribution is 0.342. The third-order valence-corrected chi connectivity index (χ3v) is 3.55. The van der Waals surface area contributed by atoms with Crippen LogP contribution in [0.1, 0.15) is 17.6 Å². The first-order chi connectivity index (χ1) is 9.20. The molecule has 0 saturated heterocycles. The first-order valence-electron chi connectivity index (χ1n) is 6.37. The van der Waals surface area contributed by atoms with Gasteiger partial charge in [-0.15, -0.1) is 11.3 Å². The Balaban J connectivity index is 1.94. The van der Waals surface area contributed by atoms with Crippen molar-refractivity contribution in [3.05, 3.63) is 34.3 Å². The van der Waals surface area contributed by atoms with Crippen molar-refractivity contribution in [2.45, 2.75) is 20.3 Å². The summed E-state index contributed by atoms with van der Waals surface area (Å²) in [4.78, 5) is 4.43. The van der Waals surface area contributed by atoms with Crippen LogP contribution in [0, 0.1) is 6.92 Å². The van der Waals surface area contributed by atoms with E-state index < -0.39 is 0 Å². The molecule has 3 N–H and O–H groups in total. The lowest BCUT2D eigenvalue weighted by Gasteiger charge is -2.12. The van der Waals surface area contributed by atoms with Gasteiger partial charge < -0.3 is 15.8 Å². The fourth-order valence-electron chi connectivity index (χ4n) is 1.83. The number of aryl methyl sites for hydroxylation is 1. The largest absolute Gasteiger partial charge is 0.492 e. The number of nitrogen functional groups attached to an aromatic ring is 1. The van der Waals surface area contributed by atoms with Gasteiger partial charge in [0.05, 0.1) is 28.7 Å². The minimum Gasteiger partial charge on any atom is -0.492 e. The molecule has 2 aromatic rings. The summed E-state index contributed by atoms with van der Waals surface area (Å²) in [6.07, 6.45) is 0.892. The molecule has 1 aromatic carbocycles. The summed E-state index contributed by atoms with van der Waals surface area (Å²) in [6.45, 7) is 5.39. The number of anilines is 2. The molecule has 5 heteroatoms. The standard InChI is InChI=1S/C14H19N3OS/c1-3-18-13-6-4-5-12(14(13)15)16-8-7-11-9-19-10(2)17-11/h4-6,9,16H,3,7-8,15H2,1-2H3. The molecule has 0 fully saturated rings. The van der Waals surface area contributed by atoms with Gasteiger partial charge in [0.1, 0.15) is 5.75 Å². The molecule has 1 heterocycles. The Labute approximate surface area is 117 Å². The monoisotopic (exact) mass is 277 g/mol. The predicted molar refractivity (Wildman–Crippen MR) is 81.1 cm³/mol. The second kappa shape index (κ2) is 6.43. The maximum absolute atomic E-state index is 6.05. The van der Waals surface area contributed by atoms with Crippen molar-refractivity contribution in [3.63, 3.8) is 0 Å². The number of hydrogen-bond donors (Lipinski definition) is 2. The van der Waals surface area contributed by atoms with Crippen LogP contribution in [0.25, 0.3) is 0 Å². The molecule has 0 radical (unpaired) electrons. The van der Waals surface area contributed by atoms with Crippen LogP contribution in [0.5, 0.6) is 5.75 Å². The van der Waals surface area contributed by atoms with E-state index in [1.807, 2.05) is 32.0 Å². The zero-order valence-electron chi connectivity index (χ0n) is 11.3. The van der Waals surface area contributed by atoms with Gasteiger partial charge in [0, 0.05) is 18.3 Å². The highest BCUT2D eigenvalue weighted by molar-refractivity contribution is 7.09. The number of nitrogens with two attached hydrogens (primary N) is 1. The Morgan fingerprint density at radius 2 is 2.26 bits per heavy atom. The van der Waals surface area contributed by atoms with Gasteiger partial charge in [0.2, 0.25) is 0 Å². The molecule has 0 unspecified atom stereocenters. The van der Waals surface area contributed by atoms with Crippen LogP contribution in [0.15, 0.2) is 23.6 Å². The topological polar surface area (TPSA) is 60.2 Å². The quantitative estimate of drug-likeness (QED) is 0.797. The molecule has 0 amide bonds. The summed E-state index contributed by atoms with van der Waals surface area (Å²) in [6, 6.07) is 5.79. The molecule has 1 aromatic heterocycles. The minimum atomic E-state index is 0.617. The Morgan fingerprint density at radius 1 is 1.42 bits per heavy atom. The fourth-order valence-corrected chi connectivity index (χ4v) is 2.47. The van der Waals surface area contributed by atoms with Crippen molar-refractivity contribution >= 4 is 22.7 Å². The molecule has 0 saturated carbocycles. The van der Waals surface area contributed by atoms with Gasteiger partial charge in [-0.25, -0.2) is 4.98 Å². The summed E-state index contributed by atoms with van der Waals surface area (Å²) >= 11 is 1.68. The average molecular weight is 277 g/mol. The first-order valence-corrected chi connectivity index (χ1v) is 7.25. The maximum atomic E-state index is 6.05. The summed E-state index contributed by atoms with van der Waals surface area (Å²) in [7, 11) is 0. The van der Waals surface area contributed by atoms with Crippen LogP contribution in [0.2, 0.25) is 0 Å². The minimum absolute atomic E-state index is 0.617. The number of rotatable bonds is 6. The van der Waals surface area contributed by atoms with Gasteiger partial charge in [-0.1, -0.05) is 6.07 Å². The number of nitrogens with zero attached hydrogens (tertiary/aromatic N) is 1. The number of aromatic nitrogens is 1. The molecule has 4 nitrogen and oxygen atoms in total. The highest BCUT2D eigenvalue weighted by Crippen LogP contribution is 2.29. The second-order valence-corrected chi connectivity index (χ2v) is 5.25. The Kier molecular flexibility index (Phi) is 4.63. The number of ether oxygens (including phenoxy) is 1. The van der Waals surface area contributed by atoms with E-state index in [2.05, 4.69) is 15.7 Å². The van der Waals surface area contributed by atoms with E-state index in [0.717, 1.165) is 35.1 Å². The lowest BCUT2D eigenvalue weighted by Crippen LogP contribution is -2.08. The third-order valence-electron chi connectivity index (χ3n) is 2.73. The van der Waals surface area contributed by atoms with Gasteiger partial charge in [0.15, 0.2) is 0 Å². The van der Waals surface area contributed by atoms with E-state index in [-0.39, 0.29) is 0 Å². The van der Waals surface area contributed by atoms with Gasteiger partial charge in [-0.2, -0.15) is 0 Å². The van der Waals surface area contributed by atoms with Crippen molar-refractivity contribution < 1.29 is 4.74 Å². The van der Waals surface area contributed by atoms with Crippen molar-refractivity contribution in [2.75, 3.05) is 24.2 Å². The van der Waals surface area contributed by atoms with Gasteiger partial charge in [-0.3, -0.25) is 0 Å². The molecule has 102 valence electrons. The predicted octanol–water partition coefficient (Wildman–Crippen LogP) is 3.09. The van der Waals surface area contributed by atoms with Crippen molar-refractivity contribution in [2.24, 2.45) is 0 Å². The molecular weight excluding hydrogens is 258 g/mol. The molecule has 0 bridgehead atoms. The third kappa shape index (κ3) is 3.61. The van der Waals surface area contributed by atoms with Crippen molar-refractivity contribution in [3.8, 4) is 5.75 Å². The molecule has 0 aliphatic carbocycles. The zero-order chi connectivity index (χ0) is 13.7. The number of thiazole rings is 1. The second-order valence-electron chi connectivity index (χ2n) is 4.19. The number of benzene rings is 1. The van der Waals surface area contributed by atoms with Gasteiger partial charge in [0.25, 0.3) is 0 Å². The van der Waals surface area contributed by atoms with E-state index in [9.17, 15) is 0 Å². The maximum Gasteiger partial charge on any atom is 0.144 e. The van der Waals surface area contributed by atoms with Crippen molar-refractivity contribution in [1.82, 2.24) is 4.98 Å². The smallest absolute Gasteiger partial charge is 0.144 e. The molecule has 19 heavy (non-hydrogen) atoms. The molecule has 0 aliphatic rings. The summed E-state index contributed by atoms with van der Waals surface area (Å²) in [5.74, 6) is 0.733. The fraction of sp³-hybridized carbons (Fsp3) is 0.357. The van der Waals surface area contributed by atoms with Crippen LogP contribution >= 0.6 is 11.3 Å². The van der Waals surface area contributed by atoms with Crippen LogP contribution in [-0.4, -0.2) is 18.1 Å². The normalized spacial score (nSPS) is 10.4. The first kappa shape index (κ1) is 13.7. The Bertz CT molecular complexity index is 539. The van der Waals surface area contributed by atoms with Crippen LogP contribution in [0.4, 0.5) is 11.4 Å². The molecule has 0 atom stereocenters. The number of para-hydroxylation sites is 1. The van der Waals surface area contributed by atoms with E-state index in [1.54, 1.807) is 11.3 Å². The van der Waals surface area contributed by atoms with Crippen LogP contribution in [-0.2, 0) is 6.42 Å². The van der Waals surface area contributed by atoms with E-state index in [4.69, 9.17) is 10.5 Å². The highest BCUT2D eigenvalue weighted by Gasteiger charge is 2.05.